The number of aldehydes is 1. The Morgan fingerprint density at radius 3 is 3.07 bits per heavy atom. The molecule has 5 heteroatoms. The van der Waals surface area contributed by atoms with Crippen LogP contribution in [0.15, 0.2) is 16.1 Å². The first-order valence-electron chi connectivity index (χ1n) is 3.83. The van der Waals surface area contributed by atoms with Gasteiger partial charge in [0.25, 0.3) is 5.56 Å². The summed E-state index contributed by atoms with van der Waals surface area (Å²) in [5, 5.41) is 0.552. The van der Waals surface area contributed by atoms with E-state index in [2.05, 4.69) is 21.8 Å². The molecule has 0 unspecified atom stereocenters. The molecule has 0 radical (unpaired) electrons. The van der Waals surface area contributed by atoms with Crippen LogP contribution in [0.25, 0.3) is 0 Å². The maximum Gasteiger partial charge on any atom is 0.267 e. The number of rotatable bonds is 2. The minimum Gasteiger partial charge on any atom is -0.302 e. The maximum atomic E-state index is 11.3. The van der Waals surface area contributed by atoms with Crippen molar-refractivity contribution in [1.82, 2.24) is 9.97 Å². The monoisotopic (exact) mass is 208 g/mol. The molecular formula is C9H8N2O2S. The van der Waals surface area contributed by atoms with Gasteiger partial charge in [0.05, 0.1) is 12.6 Å². The molecule has 14 heavy (non-hydrogen) atoms. The first-order chi connectivity index (χ1) is 6.77. The Kier molecular flexibility index (Phi) is 3.95. The fraction of sp³-hybridized carbons (Fsp3) is 0.222. The summed E-state index contributed by atoms with van der Waals surface area (Å²) in [6.07, 6.45) is 4.03. The average molecular weight is 208 g/mol. The number of aromatic amines is 1. The van der Waals surface area contributed by atoms with Crippen LogP contribution < -0.4 is 5.56 Å². The molecule has 0 atom stereocenters. The lowest BCUT2D eigenvalue weighted by atomic mass is 10.3. The van der Waals surface area contributed by atoms with E-state index in [1.165, 1.54) is 18.0 Å². The van der Waals surface area contributed by atoms with Gasteiger partial charge >= 0.3 is 0 Å². The summed E-state index contributed by atoms with van der Waals surface area (Å²) >= 11 is 1.35. The third kappa shape index (κ3) is 2.75. The molecule has 0 aromatic carbocycles. The average Bonchev–Trinajstić information content (AvgIpc) is 2.20. The molecule has 1 aromatic rings. The van der Waals surface area contributed by atoms with E-state index in [-0.39, 0.29) is 17.5 Å². The second kappa shape index (κ2) is 5.25. The Bertz CT molecular complexity index is 442. The van der Waals surface area contributed by atoms with Gasteiger partial charge < -0.3 is 9.78 Å². The van der Waals surface area contributed by atoms with Gasteiger partial charge in [0.2, 0.25) is 0 Å². The van der Waals surface area contributed by atoms with Gasteiger partial charge in [-0.25, -0.2) is 4.98 Å². The number of hydrogen-bond donors (Lipinski definition) is 1. The van der Waals surface area contributed by atoms with Crippen molar-refractivity contribution in [2.45, 2.75) is 11.6 Å². The molecule has 4 nitrogen and oxygen atoms in total. The molecule has 0 spiro atoms. The summed E-state index contributed by atoms with van der Waals surface area (Å²) < 4.78 is 0. The molecule has 1 N–H and O–H groups in total. The van der Waals surface area contributed by atoms with Gasteiger partial charge in [-0.15, -0.1) is 0 Å². The highest BCUT2D eigenvalue weighted by atomic mass is 32.2. The van der Waals surface area contributed by atoms with E-state index in [9.17, 15) is 9.59 Å². The highest BCUT2D eigenvalue weighted by Crippen LogP contribution is 2.03. The number of nitrogens with one attached hydrogen (secondary N) is 1. The topological polar surface area (TPSA) is 62.8 Å². The normalized spacial score (nSPS) is 8.93. The van der Waals surface area contributed by atoms with Crippen LogP contribution in [0.3, 0.4) is 0 Å². The van der Waals surface area contributed by atoms with Crippen LogP contribution >= 0.6 is 11.8 Å². The molecule has 0 saturated carbocycles. The molecule has 1 heterocycles. The Hall–Kier alpha value is -1.54. The Labute approximate surface area is 85.1 Å². The lowest BCUT2D eigenvalue weighted by Crippen LogP contribution is -2.11. The summed E-state index contributed by atoms with van der Waals surface area (Å²) in [5.41, 5.74) is 0.00685. The summed E-state index contributed by atoms with van der Waals surface area (Å²) in [6.45, 7) is 0. The molecule has 0 fully saturated rings. The lowest BCUT2D eigenvalue weighted by molar-refractivity contribution is -0.107. The van der Waals surface area contributed by atoms with Crippen molar-refractivity contribution in [2.75, 3.05) is 6.26 Å². The molecule has 0 bridgehead atoms. The van der Waals surface area contributed by atoms with Crippen LogP contribution in [-0.2, 0) is 4.79 Å². The van der Waals surface area contributed by atoms with Crippen LogP contribution in [0.4, 0.5) is 0 Å². The zero-order chi connectivity index (χ0) is 10.4. The van der Waals surface area contributed by atoms with Gasteiger partial charge in [-0.05, 0) is 6.26 Å². The number of aromatic nitrogens is 2. The van der Waals surface area contributed by atoms with Gasteiger partial charge in [-0.1, -0.05) is 23.6 Å². The number of carbonyl (C=O) groups is 1. The first-order valence-corrected chi connectivity index (χ1v) is 5.06. The number of hydrogen-bond acceptors (Lipinski definition) is 4. The predicted molar refractivity (Wildman–Crippen MR) is 54.2 cm³/mol. The second-order valence-electron chi connectivity index (χ2n) is 2.31. The summed E-state index contributed by atoms with van der Waals surface area (Å²) in [6, 6.07) is 0. The Morgan fingerprint density at radius 2 is 2.50 bits per heavy atom. The third-order valence-corrected chi connectivity index (χ3v) is 1.97. The van der Waals surface area contributed by atoms with E-state index in [1.807, 2.05) is 6.26 Å². The number of thioether (sulfide) groups is 1. The molecule has 0 aliphatic rings. The highest BCUT2D eigenvalue weighted by molar-refractivity contribution is 7.98. The van der Waals surface area contributed by atoms with Crippen molar-refractivity contribution in [3.63, 3.8) is 0 Å². The first kappa shape index (κ1) is 10.5. The Morgan fingerprint density at radius 1 is 1.71 bits per heavy atom. The summed E-state index contributed by atoms with van der Waals surface area (Å²) in [5.74, 6) is 5.11. The van der Waals surface area contributed by atoms with Crippen LogP contribution in [0.2, 0.25) is 0 Å². The molecule has 0 amide bonds. The standard InChI is InChI=1S/C9H8N2O2S/c1-14-9-10-6-7(8(13)11-9)4-2-3-5-12/h5-6H,3H2,1H3,(H,10,11,13). The largest absolute Gasteiger partial charge is 0.302 e. The van der Waals surface area contributed by atoms with E-state index in [0.717, 1.165) is 0 Å². The van der Waals surface area contributed by atoms with E-state index >= 15 is 0 Å². The van der Waals surface area contributed by atoms with Crippen molar-refractivity contribution in [2.24, 2.45) is 0 Å². The van der Waals surface area contributed by atoms with E-state index < -0.39 is 0 Å². The third-order valence-electron chi connectivity index (χ3n) is 1.38. The van der Waals surface area contributed by atoms with E-state index in [4.69, 9.17) is 0 Å². The van der Waals surface area contributed by atoms with E-state index in [0.29, 0.717) is 11.4 Å². The number of nitrogens with zero attached hydrogens (tertiary/aromatic N) is 1. The predicted octanol–water partition coefficient (Wildman–Crippen LogP) is 0.432. The smallest absolute Gasteiger partial charge is 0.267 e. The zero-order valence-electron chi connectivity index (χ0n) is 7.53. The van der Waals surface area contributed by atoms with Crippen molar-refractivity contribution in [3.8, 4) is 11.8 Å². The van der Waals surface area contributed by atoms with Crippen molar-refractivity contribution in [1.29, 1.82) is 0 Å². The van der Waals surface area contributed by atoms with E-state index in [1.54, 1.807) is 0 Å². The molecule has 0 aliphatic carbocycles. The summed E-state index contributed by atoms with van der Waals surface area (Å²) in [7, 11) is 0. The van der Waals surface area contributed by atoms with Crippen LogP contribution in [0.1, 0.15) is 12.0 Å². The van der Waals surface area contributed by atoms with Crippen LogP contribution in [0.5, 0.6) is 0 Å². The molecule has 72 valence electrons. The van der Waals surface area contributed by atoms with Gasteiger partial charge in [-0.3, -0.25) is 4.79 Å². The fourth-order valence-corrected chi connectivity index (χ4v) is 1.11. The maximum absolute atomic E-state index is 11.3. The van der Waals surface area contributed by atoms with Gasteiger partial charge in [0, 0.05) is 0 Å². The minimum absolute atomic E-state index is 0.129. The van der Waals surface area contributed by atoms with Crippen molar-refractivity contribution in [3.05, 3.63) is 22.1 Å². The second-order valence-corrected chi connectivity index (χ2v) is 3.10. The van der Waals surface area contributed by atoms with Gasteiger partial charge in [0.15, 0.2) is 5.16 Å². The minimum atomic E-state index is -0.275. The zero-order valence-corrected chi connectivity index (χ0v) is 8.35. The molecular weight excluding hydrogens is 200 g/mol. The number of carbonyl (C=O) groups excluding carboxylic acids is 1. The van der Waals surface area contributed by atoms with Gasteiger partial charge in [0.1, 0.15) is 11.8 Å². The molecule has 1 rings (SSSR count). The van der Waals surface area contributed by atoms with Crippen molar-refractivity contribution >= 4 is 18.0 Å². The van der Waals surface area contributed by atoms with Crippen molar-refractivity contribution < 1.29 is 4.79 Å². The Balaban J connectivity index is 2.96. The highest BCUT2D eigenvalue weighted by Gasteiger charge is 1.97. The SMILES string of the molecule is CSc1ncc(C#CCC=O)c(=O)[nH]1. The molecule has 1 aromatic heterocycles. The van der Waals surface area contributed by atoms with Crippen LogP contribution in [0, 0.1) is 11.8 Å². The fourth-order valence-electron chi connectivity index (χ4n) is 0.759. The lowest BCUT2D eigenvalue weighted by Gasteiger charge is -1.93. The van der Waals surface area contributed by atoms with Gasteiger partial charge in [-0.2, -0.15) is 0 Å². The summed E-state index contributed by atoms with van der Waals surface area (Å²) in [4.78, 5) is 27.8. The molecule has 0 saturated heterocycles. The quantitative estimate of drug-likeness (QED) is 0.331. The molecule has 0 aliphatic heterocycles. The number of H-pyrrole nitrogens is 1. The van der Waals surface area contributed by atoms with Crippen LogP contribution in [-0.4, -0.2) is 22.5 Å².